The summed E-state index contributed by atoms with van der Waals surface area (Å²) in [4.78, 5) is 26.8. The number of amides is 1. The van der Waals surface area contributed by atoms with Crippen LogP contribution in [0.1, 0.15) is 39.2 Å². The molecular weight excluding hydrogens is 350 g/mol. The average Bonchev–Trinajstić information content (AvgIpc) is 2.50. The minimum absolute atomic E-state index is 0.0361. The number of nitrogens with one attached hydrogen (secondary N) is 1. The summed E-state index contributed by atoms with van der Waals surface area (Å²) in [5, 5.41) is 14.6. The van der Waals surface area contributed by atoms with Gasteiger partial charge in [-0.15, -0.1) is 0 Å². The predicted molar refractivity (Wildman–Crippen MR) is 99.9 cm³/mol. The number of pyridine rings is 1. The van der Waals surface area contributed by atoms with Crippen LogP contribution in [0.4, 0.5) is 10.5 Å². The highest BCUT2D eigenvalue weighted by Gasteiger charge is 2.35. The smallest absolute Gasteiger partial charge is 0.407 e. The topological polar surface area (TPSA) is 104 Å². The van der Waals surface area contributed by atoms with Gasteiger partial charge in [0, 0.05) is 41.6 Å². The fraction of sp³-hybridized carbons (Fsp3) is 0.474. The third kappa shape index (κ3) is 4.45. The molecule has 0 saturated heterocycles. The lowest BCUT2D eigenvalue weighted by Gasteiger charge is -2.35. The Kier molecular flexibility index (Phi) is 4.91. The average molecular weight is 373 g/mol. The Labute approximate surface area is 157 Å². The second-order valence-corrected chi connectivity index (χ2v) is 7.84. The van der Waals surface area contributed by atoms with Crippen molar-refractivity contribution in [3.8, 4) is 5.75 Å². The summed E-state index contributed by atoms with van der Waals surface area (Å²) < 4.78 is 11.3. The van der Waals surface area contributed by atoms with Gasteiger partial charge in [-0.3, -0.25) is 15.1 Å². The Morgan fingerprint density at radius 1 is 1.30 bits per heavy atom. The number of nitro groups is 1. The molecule has 1 fully saturated rings. The molecule has 0 radical (unpaired) electrons. The van der Waals surface area contributed by atoms with Crippen molar-refractivity contribution in [1.29, 1.82) is 0 Å². The molecule has 27 heavy (non-hydrogen) atoms. The first-order chi connectivity index (χ1) is 12.6. The number of fused-ring (bicyclic) bond motifs is 1. The third-order valence-corrected chi connectivity index (χ3v) is 4.31. The molecule has 1 heterocycles. The molecular formula is C19H23N3O5. The van der Waals surface area contributed by atoms with Crippen LogP contribution in [0.3, 0.4) is 0 Å². The van der Waals surface area contributed by atoms with Crippen LogP contribution in [-0.2, 0) is 4.74 Å². The Balaban J connectivity index is 1.66. The number of alkyl carbamates (subject to hydrolysis) is 1. The highest BCUT2D eigenvalue weighted by Crippen LogP contribution is 2.34. The Morgan fingerprint density at radius 3 is 2.63 bits per heavy atom. The lowest BCUT2D eigenvalue weighted by Crippen LogP contribution is -2.46. The number of nitro benzene ring substituents is 1. The van der Waals surface area contributed by atoms with Crippen molar-refractivity contribution < 1.29 is 19.2 Å². The number of nitrogens with zero attached hydrogens (tertiary/aromatic N) is 2. The van der Waals surface area contributed by atoms with Crippen LogP contribution in [0.5, 0.6) is 5.75 Å². The molecule has 0 aliphatic heterocycles. The van der Waals surface area contributed by atoms with E-state index >= 15 is 0 Å². The molecule has 8 nitrogen and oxygen atoms in total. The highest BCUT2D eigenvalue weighted by atomic mass is 16.6. The fourth-order valence-electron chi connectivity index (χ4n) is 2.94. The number of benzene rings is 1. The predicted octanol–water partition coefficient (Wildman–Crippen LogP) is 3.89. The van der Waals surface area contributed by atoms with Crippen LogP contribution in [-0.4, -0.2) is 33.7 Å². The third-order valence-electron chi connectivity index (χ3n) is 4.31. The summed E-state index contributed by atoms with van der Waals surface area (Å²) in [6, 6.07) is 4.88. The van der Waals surface area contributed by atoms with Crippen molar-refractivity contribution in [2.24, 2.45) is 0 Å². The Morgan fingerprint density at radius 2 is 2.00 bits per heavy atom. The molecule has 1 aliphatic rings. The van der Waals surface area contributed by atoms with Crippen LogP contribution in [0.25, 0.3) is 10.9 Å². The second-order valence-electron chi connectivity index (χ2n) is 7.84. The van der Waals surface area contributed by atoms with Gasteiger partial charge in [-0.25, -0.2) is 4.79 Å². The molecule has 1 aromatic heterocycles. The first-order valence-electron chi connectivity index (χ1n) is 8.81. The van der Waals surface area contributed by atoms with Gasteiger partial charge in [0.2, 0.25) is 0 Å². The van der Waals surface area contributed by atoms with E-state index in [1.54, 1.807) is 25.3 Å². The first kappa shape index (κ1) is 18.9. The molecule has 2 aromatic rings. The van der Waals surface area contributed by atoms with Gasteiger partial charge in [0.1, 0.15) is 18.0 Å². The highest BCUT2D eigenvalue weighted by molar-refractivity contribution is 5.88. The maximum absolute atomic E-state index is 11.8. The molecule has 1 N–H and O–H groups in total. The normalized spacial score (nSPS) is 19.3. The van der Waals surface area contributed by atoms with E-state index in [0.29, 0.717) is 35.1 Å². The van der Waals surface area contributed by atoms with Crippen molar-refractivity contribution in [3.05, 3.63) is 40.1 Å². The molecule has 1 aliphatic carbocycles. The molecule has 0 atom stereocenters. The molecule has 1 aromatic carbocycles. The summed E-state index contributed by atoms with van der Waals surface area (Å²) in [6.45, 7) is 7.34. The molecule has 0 spiro atoms. The van der Waals surface area contributed by atoms with Gasteiger partial charge in [-0.2, -0.15) is 0 Å². The number of carbonyl (C=O) groups excluding carboxylic acids is 1. The van der Waals surface area contributed by atoms with Crippen LogP contribution in [0, 0.1) is 17.0 Å². The van der Waals surface area contributed by atoms with E-state index in [4.69, 9.17) is 9.47 Å². The van der Waals surface area contributed by atoms with Gasteiger partial charge in [0.05, 0.1) is 10.4 Å². The number of carbonyl (C=O) groups is 1. The van der Waals surface area contributed by atoms with Crippen LogP contribution in [0.2, 0.25) is 0 Å². The summed E-state index contributed by atoms with van der Waals surface area (Å²) >= 11 is 0. The van der Waals surface area contributed by atoms with E-state index in [-0.39, 0.29) is 23.4 Å². The van der Waals surface area contributed by atoms with Gasteiger partial charge >= 0.3 is 6.09 Å². The van der Waals surface area contributed by atoms with Crippen LogP contribution >= 0.6 is 0 Å². The standard InChI is InChI=1S/C19H23N3O5/c1-11-7-15-14(10-16(11)22(24)25)17(5-6-20-15)26-12-8-13(9-12)27-18(23)21-19(2,3)4/h5-7,10,12-13H,8-9H2,1-4H3,(H,21,23). The van der Waals surface area contributed by atoms with E-state index in [1.807, 2.05) is 20.8 Å². The molecule has 0 bridgehead atoms. The largest absolute Gasteiger partial charge is 0.489 e. The monoisotopic (exact) mass is 373 g/mol. The molecule has 0 unspecified atom stereocenters. The summed E-state index contributed by atoms with van der Waals surface area (Å²) in [7, 11) is 0. The number of aromatic nitrogens is 1. The number of hydrogen-bond donors (Lipinski definition) is 1. The summed E-state index contributed by atoms with van der Waals surface area (Å²) in [5.41, 5.74) is 0.889. The van der Waals surface area contributed by atoms with Crippen molar-refractivity contribution in [2.45, 2.75) is 58.3 Å². The fourth-order valence-corrected chi connectivity index (χ4v) is 2.94. The Hall–Kier alpha value is -2.90. The van der Waals surface area contributed by atoms with Gasteiger partial charge < -0.3 is 14.8 Å². The minimum atomic E-state index is -0.439. The molecule has 1 saturated carbocycles. The Bertz CT molecular complexity index is 885. The van der Waals surface area contributed by atoms with Crippen molar-refractivity contribution >= 4 is 22.7 Å². The maximum atomic E-state index is 11.8. The lowest BCUT2D eigenvalue weighted by atomic mass is 9.92. The van der Waals surface area contributed by atoms with Gasteiger partial charge in [0.25, 0.3) is 5.69 Å². The van der Waals surface area contributed by atoms with Crippen LogP contribution < -0.4 is 10.1 Å². The van der Waals surface area contributed by atoms with E-state index in [0.717, 1.165) is 0 Å². The number of hydrogen-bond acceptors (Lipinski definition) is 6. The summed E-state index contributed by atoms with van der Waals surface area (Å²) in [5.74, 6) is 0.547. The van der Waals surface area contributed by atoms with E-state index in [9.17, 15) is 14.9 Å². The van der Waals surface area contributed by atoms with E-state index in [1.165, 1.54) is 6.07 Å². The van der Waals surface area contributed by atoms with Crippen molar-refractivity contribution in [2.75, 3.05) is 0 Å². The van der Waals surface area contributed by atoms with Crippen molar-refractivity contribution in [1.82, 2.24) is 10.3 Å². The number of ether oxygens (including phenoxy) is 2. The first-order valence-corrected chi connectivity index (χ1v) is 8.81. The van der Waals surface area contributed by atoms with E-state index in [2.05, 4.69) is 10.3 Å². The van der Waals surface area contributed by atoms with Crippen molar-refractivity contribution in [3.63, 3.8) is 0 Å². The zero-order chi connectivity index (χ0) is 19.8. The van der Waals surface area contributed by atoms with Gasteiger partial charge in [-0.1, -0.05) is 0 Å². The number of aryl methyl sites for hydroxylation is 1. The number of rotatable bonds is 4. The molecule has 8 heteroatoms. The van der Waals surface area contributed by atoms with Gasteiger partial charge in [-0.05, 0) is 39.8 Å². The summed E-state index contributed by atoms with van der Waals surface area (Å²) in [6.07, 6.45) is 2.04. The quantitative estimate of drug-likeness (QED) is 0.644. The van der Waals surface area contributed by atoms with Gasteiger partial charge in [0.15, 0.2) is 0 Å². The zero-order valence-corrected chi connectivity index (χ0v) is 15.8. The zero-order valence-electron chi connectivity index (χ0n) is 15.8. The van der Waals surface area contributed by atoms with E-state index < -0.39 is 11.0 Å². The minimum Gasteiger partial charge on any atom is -0.489 e. The molecule has 3 rings (SSSR count). The molecule has 1 amide bonds. The lowest BCUT2D eigenvalue weighted by molar-refractivity contribution is -0.385. The maximum Gasteiger partial charge on any atom is 0.407 e. The molecule has 144 valence electrons. The SMILES string of the molecule is Cc1cc2nccc(OC3CC(OC(=O)NC(C)(C)C)C3)c2cc1[N+](=O)[O-]. The van der Waals surface area contributed by atoms with Crippen LogP contribution in [0.15, 0.2) is 24.4 Å². The second kappa shape index (κ2) is 7.02.